The van der Waals surface area contributed by atoms with E-state index in [1.54, 1.807) is 10.9 Å². The molecule has 0 atom stereocenters. The minimum Gasteiger partial charge on any atom is -0.334 e. The molecule has 5 nitrogen and oxygen atoms in total. The van der Waals surface area contributed by atoms with Crippen molar-refractivity contribution >= 4 is 17.6 Å². The Morgan fingerprint density at radius 3 is 2.56 bits per heavy atom. The molecule has 0 aliphatic rings. The highest BCUT2D eigenvalue weighted by atomic mass is 35.5. The Kier molecular flexibility index (Phi) is 5.36. The third-order valence-electron chi connectivity index (χ3n) is 3.88. The lowest BCUT2D eigenvalue weighted by Crippen LogP contribution is -2.34. The number of halogens is 1. The third kappa shape index (κ3) is 4.61. The zero-order valence-corrected chi connectivity index (χ0v) is 14.6. The Morgan fingerprint density at radius 2 is 1.80 bits per heavy atom. The van der Waals surface area contributed by atoms with Gasteiger partial charge in [0.25, 0.3) is 0 Å². The molecule has 0 fully saturated rings. The molecule has 25 heavy (non-hydrogen) atoms. The lowest BCUT2D eigenvalue weighted by Gasteiger charge is -2.08. The van der Waals surface area contributed by atoms with E-state index in [4.69, 9.17) is 11.6 Å². The summed E-state index contributed by atoms with van der Waals surface area (Å²) in [5, 5.41) is 10.7. The second-order valence-corrected chi connectivity index (χ2v) is 6.17. The van der Waals surface area contributed by atoms with E-state index in [-0.39, 0.29) is 6.03 Å². The number of benzene rings is 2. The van der Waals surface area contributed by atoms with Crippen LogP contribution in [0.2, 0.25) is 5.02 Å². The summed E-state index contributed by atoms with van der Waals surface area (Å²) in [5.74, 6) is 0. The second kappa shape index (κ2) is 7.85. The van der Waals surface area contributed by atoms with Crippen molar-refractivity contribution in [1.29, 1.82) is 0 Å². The predicted molar refractivity (Wildman–Crippen MR) is 98.8 cm³/mol. The van der Waals surface area contributed by atoms with E-state index >= 15 is 0 Å². The van der Waals surface area contributed by atoms with Gasteiger partial charge < -0.3 is 10.6 Å². The summed E-state index contributed by atoms with van der Waals surface area (Å²) in [5.41, 5.74) is 4.10. The van der Waals surface area contributed by atoms with E-state index in [1.165, 1.54) is 0 Å². The van der Waals surface area contributed by atoms with Crippen LogP contribution >= 0.6 is 11.6 Å². The van der Waals surface area contributed by atoms with Gasteiger partial charge in [-0.3, -0.25) is 0 Å². The Bertz CT molecular complexity index is 858. The molecule has 2 amide bonds. The third-order valence-corrected chi connectivity index (χ3v) is 4.13. The molecule has 0 aliphatic carbocycles. The van der Waals surface area contributed by atoms with E-state index in [0.717, 1.165) is 22.4 Å². The first kappa shape index (κ1) is 17.0. The van der Waals surface area contributed by atoms with Crippen LogP contribution in [0.3, 0.4) is 0 Å². The molecule has 0 saturated carbocycles. The molecular formula is C19H19ClN4O. The normalized spacial score (nSPS) is 10.5. The molecule has 0 saturated heterocycles. The minimum absolute atomic E-state index is 0.206. The standard InChI is InChI=1S/C19H19ClN4O/c1-14-4-2-3-5-16(14)12-22-19(25)21-10-15-11-23-24(13-15)18-8-6-17(20)7-9-18/h2-9,11,13H,10,12H2,1H3,(H2,21,22,25). The highest BCUT2D eigenvalue weighted by molar-refractivity contribution is 6.30. The molecule has 0 aliphatic heterocycles. The van der Waals surface area contributed by atoms with Gasteiger partial charge in [-0.1, -0.05) is 35.9 Å². The number of carbonyl (C=O) groups excluding carboxylic acids is 1. The van der Waals surface area contributed by atoms with Gasteiger partial charge in [0.05, 0.1) is 11.9 Å². The number of urea groups is 1. The van der Waals surface area contributed by atoms with Crippen molar-refractivity contribution in [1.82, 2.24) is 20.4 Å². The number of aromatic nitrogens is 2. The van der Waals surface area contributed by atoms with E-state index in [0.29, 0.717) is 18.1 Å². The SMILES string of the molecule is Cc1ccccc1CNC(=O)NCc1cnn(-c2ccc(Cl)cc2)c1. The zero-order chi connectivity index (χ0) is 17.6. The molecule has 1 aromatic heterocycles. The van der Waals surface area contributed by atoms with Gasteiger partial charge in [0.1, 0.15) is 0 Å². The minimum atomic E-state index is -0.206. The van der Waals surface area contributed by atoms with Gasteiger partial charge in [0.2, 0.25) is 0 Å². The summed E-state index contributed by atoms with van der Waals surface area (Å²) < 4.78 is 1.75. The fraction of sp³-hybridized carbons (Fsp3) is 0.158. The van der Waals surface area contributed by atoms with E-state index in [2.05, 4.69) is 15.7 Å². The summed E-state index contributed by atoms with van der Waals surface area (Å²) in [7, 11) is 0. The van der Waals surface area contributed by atoms with Gasteiger partial charge in [-0.25, -0.2) is 9.48 Å². The maximum atomic E-state index is 12.0. The number of hydrogen-bond acceptors (Lipinski definition) is 2. The molecule has 6 heteroatoms. The first-order valence-corrected chi connectivity index (χ1v) is 8.35. The van der Waals surface area contributed by atoms with Crippen LogP contribution in [0, 0.1) is 6.92 Å². The average molecular weight is 355 g/mol. The summed E-state index contributed by atoms with van der Waals surface area (Å²) in [6.45, 7) is 2.94. The van der Waals surface area contributed by atoms with Crippen LogP contribution < -0.4 is 10.6 Å². The maximum Gasteiger partial charge on any atom is 0.315 e. The van der Waals surface area contributed by atoms with Crippen LogP contribution in [-0.2, 0) is 13.1 Å². The van der Waals surface area contributed by atoms with Gasteiger partial charge in [0, 0.05) is 29.9 Å². The molecule has 0 bridgehead atoms. The summed E-state index contributed by atoms with van der Waals surface area (Å²) in [4.78, 5) is 12.0. The molecule has 3 rings (SSSR count). The molecule has 3 aromatic rings. The van der Waals surface area contributed by atoms with Gasteiger partial charge >= 0.3 is 6.03 Å². The van der Waals surface area contributed by atoms with Crippen molar-refractivity contribution in [3.63, 3.8) is 0 Å². The second-order valence-electron chi connectivity index (χ2n) is 5.73. The highest BCUT2D eigenvalue weighted by Gasteiger charge is 2.05. The highest BCUT2D eigenvalue weighted by Crippen LogP contribution is 2.13. The number of nitrogens with zero attached hydrogens (tertiary/aromatic N) is 2. The first-order chi connectivity index (χ1) is 12.1. The summed E-state index contributed by atoms with van der Waals surface area (Å²) >= 11 is 5.89. The topological polar surface area (TPSA) is 59.0 Å². The predicted octanol–water partition coefficient (Wildman–Crippen LogP) is 3.83. The van der Waals surface area contributed by atoms with Crippen molar-refractivity contribution < 1.29 is 4.79 Å². The molecule has 0 spiro atoms. The Balaban J connectivity index is 1.51. The summed E-state index contributed by atoms with van der Waals surface area (Å²) in [6, 6.07) is 15.2. The van der Waals surface area contributed by atoms with Crippen molar-refractivity contribution in [2.24, 2.45) is 0 Å². The van der Waals surface area contributed by atoms with Crippen LogP contribution in [0.25, 0.3) is 5.69 Å². The molecule has 2 aromatic carbocycles. The maximum absolute atomic E-state index is 12.0. The van der Waals surface area contributed by atoms with Crippen LogP contribution in [0.1, 0.15) is 16.7 Å². The number of amides is 2. The molecule has 128 valence electrons. The van der Waals surface area contributed by atoms with Gasteiger partial charge in [0.15, 0.2) is 0 Å². The molecule has 1 heterocycles. The van der Waals surface area contributed by atoms with Crippen LogP contribution in [0.15, 0.2) is 60.9 Å². The van der Waals surface area contributed by atoms with Crippen LogP contribution in [0.5, 0.6) is 0 Å². The van der Waals surface area contributed by atoms with Crippen LogP contribution in [-0.4, -0.2) is 15.8 Å². The number of rotatable bonds is 5. The Hall–Kier alpha value is -2.79. The van der Waals surface area contributed by atoms with Crippen LogP contribution in [0.4, 0.5) is 4.79 Å². The smallest absolute Gasteiger partial charge is 0.315 e. The van der Waals surface area contributed by atoms with Crippen molar-refractivity contribution in [3.05, 3.63) is 82.6 Å². The Labute approximate surface area is 151 Å². The fourth-order valence-electron chi connectivity index (χ4n) is 2.42. The number of aryl methyl sites for hydroxylation is 1. The molecule has 0 radical (unpaired) electrons. The average Bonchev–Trinajstić information content (AvgIpc) is 3.09. The molecule has 2 N–H and O–H groups in total. The van der Waals surface area contributed by atoms with E-state index in [9.17, 15) is 4.79 Å². The quantitative estimate of drug-likeness (QED) is 0.731. The van der Waals surface area contributed by atoms with Crippen molar-refractivity contribution in [2.45, 2.75) is 20.0 Å². The number of nitrogens with one attached hydrogen (secondary N) is 2. The zero-order valence-electron chi connectivity index (χ0n) is 13.9. The number of hydrogen-bond donors (Lipinski definition) is 2. The van der Waals surface area contributed by atoms with Gasteiger partial charge in [-0.2, -0.15) is 5.10 Å². The molecule has 0 unspecified atom stereocenters. The lowest BCUT2D eigenvalue weighted by atomic mass is 10.1. The number of carbonyl (C=O) groups is 1. The molecular weight excluding hydrogens is 336 g/mol. The lowest BCUT2D eigenvalue weighted by molar-refractivity contribution is 0.240. The van der Waals surface area contributed by atoms with Crippen molar-refractivity contribution in [2.75, 3.05) is 0 Å². The van der Waals surface area contributed by atoms with E-state index < -0.39 is 0 Å². The van der Waals surface area contributed by atoms with Crippen molar-refractivity contribution in [3.8, 4) is 5.69 Å². The van der Waals surface area contributed by atoms with Gasteiger partial charge in [-0.15, -0.1) is 0 Å². The van der Waals surface area contributed by atoms with Gasteiger partial charge in [-0.05, 0) is 42.3 Å². The first-order valence-electron chi connectivity index (χ1n) is 7.97. The largest absolute Gasteiger partial charge is 0.334 e. The fourth-order valence-corrected chi connectivity index (χ4v) is 2.54. The summed E-state index contributed by atoms with van der Waals surface area (Å²) in [6.07, 6.45) is 3.61. The Morgan fingerprint density at radius 1 is 1.08 bits per heavy atom. The van der Waals surface area contributed by atoms with E-state index in [1.807, 2.05) is 61.7 Å². The monoisotopic (exact) mass is 354 g/mol.